The van der Waals surface area contributed by atoms with Crippen molar-refractivity contribution in [2.45, 2.75) is 0 Å². The van der Waals surface area contributed by atoms with Gasteiger partial charge in [-0.2, -0.15) is 5.10 Å². The number of carbonyl (C=O) groups excluding carboxylic acids is 1. The van der Waals surface area contributed by atoms with Crippen LogP contribution < -0.4 is 5.43 Å². The van der Waals surface area contributed by atoms with Gasteiger partial charge in [-0.05, 0) is 30.3 Å². The Bertz CT molecular complexity index is 744. The second-order valence-electron chi connectivity index (χ2n) is 4.21. The number of hydrogen-bond acceptors (Lipinski definition) is 5. The standard InChI is InChI=1S/C14H10ClN3O4/c15-13-6-3-11(18(21)22)7-10(13)8-16-17-14(20)9-1-4-12(19)5-2-9/h1-8,19H,(H,17,20). The Balaban J connectivity index is 2.09. The van der Waals surface area contributed by atoms with E-state index in [1.54, 1.807) is 0 Å². The highest BCUT2D eigenvalue weighted by atomic mass is 35.5. The number of hydrazone groups is 1. The lowest BCUT2D eigenvalue weighted by molar-refractivity contribution is -0.384. The molecule has 2 aromatic carbocycles. The molecule has 0 unspecified atom stereocenters. The van der Waals surface area contributed by atoms with Gasteiger partial charge in [0, 0.05) is 28.3 Å². The number of amides is 1. The Hall–Kier alpha value is -2.93. The molecule has 22 heavy (non-hydrogen) atoms. The van der Waals surface area contributed by atoms with Gasteiger partial charge in [0.2, 0.25) is 0 Å². The van der Waals surface area contributed by atoms with Crippen LogP contribution in [0, 0.1) is 10.1 Å². The van der Waals surface area contributed by atoms with Crippen LogP contribution in [-0.4, -0.2) is 22.2 Å². The van der Waals surface area contributed by atoms with Gasteiger partial charge in [0.15, 0.2) is 0 Å². The minimum Gasteiger partial charge on any atom is -0.508 e. The van der Waals surface area contributed by atoms with E-state index in [1.807, 2.05) is 0 Å². The predicted molar refractivity (Wildman–Crippen MR) is 81.3 cm³/mol. The first-order valence-electron chi connectivity index (χ1n) is 6.04. The van der Waals surface area contributed by atoms with E-state index in [-0.39, 0.29) is 16.5 Å². The Labute approximate surface area is 130 Å². The first-order chi connectivity index (χ1) is 10.5. The number of rotatable bonds is 4. The third-order valence-electron chi connectivity index (χ3n) is 2.69. The van der Waals surface area contributed by atoms with Crippen molar-refractivity contribution >= 4 is 29.4 Å². The van der Waals surface area contributed by atoms with Gasteiger partial charge in [0.25, 0.3) is 11.6 Å². The number of non-ortho nitro benzene ring substituents is 1. The second-order valence-corrected chi connectivity index (χ2v) is 4.62. The summed E-state index contributed by atoms with van der Waals surface area (Å²) in [5.41, 5.74) is 2.75. The molecule has 0 radical (unpaired) electrons. The van der Waals surface area contributed by atoms with Crippen LogP contribution in [-0.2, 0) is 0 Å². The molecule has 0 atom stereocenters. The first-order valence-corrected chi connectivity index (χ1v) is 6.41. The number of phenols is 1. The van der Waals surface area contributed by atoms with Crippen molar-refractivity contribution in [1.82, 2.24) is 5.43 Å². The van der Waals surface area contributed by atoms with Gasteiger partial charge in [0.1, 0.15) is 5.75 Å². The zero-order chi connectivity index (χ0) is 16.1. The summed E-state index contributed by atoms with van der Waals surface area (Å²) >= 11 is 5.90. The molecule has 0 aliphatic rings. The van der Waals surface area contributed by atoms with E-state index >= 15 is 0 Å². The van der Waals surface area contributed by atoms with Crippen molar-refractivity contribution in [3.05, 3.63) is 68.7 Å². The molecule has 7 nitrogen and oxygen atoms in total. The number of hydrogen-bond donors (Lipinski definition) is 2. The molecule has 0 aliphatic carbocycles. The van der Waals surface area contributed by atoms with Crippen molar-refractivity contribution in [2.75, 3.05) is 0 Å². The van der Waals surface area contributed by atoms with Crippen LogP contribution in [0.3, 0.4) is 0 Å². The third-order valence-corrected chi connectivity index (χ3v) is 3.03. The summed E-state index contributed by atoms with van der Waals surface area (Å²) in [6, 6.07) is 9.50. The van der Waals surface area contributed by atoms with E-state index in [0.717, 1.165) is 0 Å². The van der Waals surface area contributed by atoms with E-state index in [2.05, 4.69) is 10.5 Å². The van der Waals surface area contributed by atoms with Crippen LogP contribution in [0.25, 0.3) is 0 Å². The lowest BCUT2D eigenvalue weighted by Gasteiger charge is -2.01. The molecule has 0 bridgehead atoms. The predicted octanol–water partition coefficient (Wildman–Crippen LogP) is 2.72. The summed E-state index contributed by atoms with van der Waals surface area (Å²) < 4.78 is 0. The number of nitrogens with one attached hydrogen (secondary N) is 1. The first kappa shape index (κ1) is 15.5. The van der Waals surface area contributed by atoms with Gasteiger partial charge in [-0.15, -0.1) is 0 Å². The van der Waals surface area contributed by atoms with Crippen LogP contribution in [0.5, 0.6) is 5.75 Å². The molecular formula is C14H10ClN3O4. The summed E-state index contributed by atoms with van der Waals surface area (Å²) in [4.78, 5) is 21.9. The molecule has 0 fully saturated rings. The number of phenolic OH excluding ortho intramolecular Hbond substituents is 1. The number of nitrogens with zero attached hydrogens (tertiary/aromatic N) is 2. The van der Waals surface area contributed by atoms with E-state index in [4.69, 9.17) is 16.7 Å². The van der Waals surface area contributed by atoms with Crippen LogP contribution in [0.4, 0.5) is 5.69 Å². The van der Waals surface area contributed by atoms with Gasteiger partial charge in [-0.3, -0.25) is 14.9 Å². The highest BCUT2D eigenvalue weighted by Crippen LogP contribution is 2.20. The minimum absolute atomic E-state index is 0.0448. The molecular weight excluding hydrogens is 310 g/mol. The summed E-state index contributed by atoms with van der Waals surface area (Å²) in [7, 11) is 0. The van der Waals surface area contributed by atoms with E-state index in [0.29, 0.717) is 11.1 Å². The van der Waals surface area contributed by atoms with Gasteiger partial charge in [-0.1, -0.05) is 11.6 Å². The van der Waals surface area contributed by atoms with E-state index in [9.17, 15) is 14.9 Å². The largest absolute Gasteiger partial charge is 0.508 e. The molecule has 0 saturated heterocycles. The van der Waals surface area contributed by atoms with Crippen molar-refractivity contribution in [3.8, 4) is 5.75 Å². The smallest absolute Gasteiger partial charge is 0.271 e. The monoisotopic (exact) mass is 319 g/mol. The third kappa shape index (κ3) is 3.80. The summed E-state index contributed by atoms with van der Waals surface area (Å²) in [5, 5.41) is 23.8. The van der Waals surface area contributed by atoms with Gasteiger partial charge in [0.05, 0.1) is 11.1 Å². The molecule has 0 spiro atoms. The van der Waals surface area contributed by atoms with Crippen LogP contribution in [0.15, 0.2) is 47.6 Å². The van der Waals surface area contributed by atoms with Crippen molar-refractivity contribution < 1.29 is 14.8 Å². The van der Waals surface area contributed by atoms with Crippen molar-refractivity contribution in [2.24, 2.45) is 5.10 Å². The van der Waals surface area contributed by atoms with Crippen LogP contribution in [0.1, 0.15) is 15.9 Å². The van der Waals surface area contributed by atoms with Crippen LogP contribution in [0.2, 0.25) is 5.02 Å². The molecule has 2 rings (SSSR count). The second kappa shape index (κ2) is 6.68. The molecule has 0 aliphatic heterocycles. The maximum atomic E-state index is 11.8. The number of halogens is 1. The molecule has 0 saturated carbocycles. The quantitative estimate of drug-likeness (QED) is 0.513. The van der Waals surface area contributed by atoms with Crippen LogP contribution >= 0.6 is 11.6 Å². The van der Waals surface area contributed by atoms with Crippen molar-refractivity contribution in [3.63, 3.8) is 0 Å². The lowest BCUT2D eigenvalue weighted by Crippen LogP contribution is -2.17. The fourth-order valence-corrected chi connectivity index (χ4v) is 1.75. The molecule has 2 N–H and O–H groups in total. The molecule has 0 heterocycles. The normalized spacial score (nSPS) is 10.6. The zero-order valence-electron chi connectivity index (χ0n) is 11.1. The summed E-state index contributed by atoms with van der Waals surface area (Å²) in [6.07, 6.45) is 1.22. The van der Waals surface area contributed by atoms with E-state index < -0.39 is 10.8 Å². The van der Waals surface area contributed by atoms with Crippen molar-refractivity contribution in [1.29, 1.82) is 0 Å². The molecule has 0 aromatic heterocycles. The Morgan fingerprint density at radius 1 is 1.27 bits per heavy atom. The summed E-state index contributed by atoms with van der Waals surface area (Å²) in [5.74, 6) is -0.443. The van der Waals surface area contributed by atoms with Gasteiger partial charge in [-0.25, -0.2) is 5.43 Å². The number of carbonyl (C=O) groups is 1. The number of benzene rings is 2. The minimum atomic E-state index is -0.553. The Morgan fingerprint density at radius 3 is 2.59 bits per heavy atom. The fourth-order valence-electron chi connectivity index (χ4n) is 1.58. The Kier molecular flexibility index (Phi) is 4.70. The summed E-state index contributed by atoms with van der Waals surface area (Å²) in [6.45, 7) is 0. The van der Waals surface area contributed by atoms with E-state index in [1.165, 1.54) is 48.7 Å². The molecule has 2 aromatic rings. The Morgan fingerprint density at radius 2 is 1.95 bits per heavy atom. The SMILES string of the molecule is O=C(NN=Cc1cc([N+](=O)[O-])ccc1Cl)c1ccc(O)cc1. The average molecular weight is 320 g/mol. The highest BCUT2D eigenvalue weighted by molar-refractivity contribution is 6.33. The van der Waals surface area contributed by atoms with Gasteiger partial charge < -0.3 is 5.11 Å². The number of nitro groups is 1. The highest BCUT2D eigenvalue weighted by Gasteiger charge is 2.08. The van der Waals surface area contributed by atoms with Gasteiger partial charge >= 0.3 is 0 Å². The number of nitro benzene ring substituents is 1. The average Bonchev–Trinajstić information content (AvgIpc) is 2.49. The maximum absolute atomic E-state index is 11.8. The fraction of sp³-hybridized carbons (Fsp3) is 0. The lowest BCUT2D eigenvalue weighted by atomic mass is 10.2. The topological polar surface area (TPSA) is 105 Å². The molecule has 1 amide bonds. The molecule has 8 heteroatoms. The molecule has 112 valence electrons. The maximum Gasteiger partial charge on any atom is 0.271 e. The number of aromatic hydroxyl groups is 1. The zero-order valence-corrected chi connectivity index (χ0v) is 11.8.